The summed E-state index contributed by atoms with van der Waals surface area (Å²) >= 11 is 6.42. The Kier molecular flexibility index (Phi) is 6.12. The van der Waals surface area contributed by atoms with E-state index in [-0.39, 0.29) is 11.6 Å². The van der Waals surface area contributed by atoms with Gasteiger partial charge in [-0.2, -0.15) is 0 Å². The van der Waals surface area contributed by atoms with Crippen LogP contribution in [0.4, 0.5) is 11.4 Å². The molecule has 33 heavy (non-hydrogen) atoms. The van der Waals surface area contributed by atoms with Gasteiger partial charge in [0.2, 0.25) is 0 Å². The van der Waals surface area contributed by atoms with Crippen LogP contribution < -0.4 is 20.9 Å². The molecule has 2 bridgehead atoms. The Morgan fingerprint density at radius 3 is 2.58 bits per heavy atom. The third kappa shape index (κ3) is 4.25. The van der Waals surface area contributed by atoms with Crippen molar-refractivity contribution in [1.82, 2.24) is 25.4 Å². The number of halogens is 1. The number of rotatable bonds is 7. The number of nitrogens with zero attached hydrogens (tertiary/aromatic N) is 4. The fourth-order valence-corrected chi connectivity index (χ4v) is 5.34. The number of benzene rings is 1. The molecule has 5 rings (SSSR count). The Balaban J connectivity index is 1.22. The van der Waals surface area contributed by atoms with Gasteiger partial charge in [0.05, 0.1) is 16.1 Å². The predicted octanol–water partition coefficient (Wildman–Crippen LogP) is 3.06. The standard InChI is InChI=1S/C24H30ClN7O/c1-3-31-14-19(25)20-21(26-2)22(29-30-23(20)31)24(33)27-11-10-15-4-8-18(9-5-15)32-12-16-6-7-17(13-32)28-16/h4-5,8-9,14,16-17,28H,3,6-7,10-13H2,1-2H3,(H,26,30)(H,27,33). The molecular formula is C24H30ClN7O. The van der Waals surface area contributed by atoms with Crippen molar-refractivity contribution in [2.45, 2.75) is 44.8 Å². The highest BCUT2D eigenvalue weighted by molar-refractivity contribution is 6.37. The average Bonchev–Trinajstić information content (AvgIpc) is 3.36. The van der Waals surface area contributed by atoms with Gasteiger partial charge >= 0.3 is 0 Å². The Labute approximate surface area is 198 Å². The van der Waals surface area contributed by atoms with Crippen LogP contribution in [0.2, 0.25) is 5.02 Å². The lowest BCUT2D eigenvalue weighted by Gasteiger charge is -2.34. The second-order valence-corrected chi connectivity index (χ2v) is 9.26. The van der Waals surface area contributed by atoms with Gasteiger partial charge in [-0.1, -0.05) is 23.7 Å². The average molecular weight is 468 g/mol. The molecule has 0 spiro atoms. The number of carbonyl (C=O) groups is 1. The number of fused-ring (bicyclic) bond motifs is 3. The van der Waals surface area contributed by atoms with Gasteiger partial charge in [-0.05, 0) is 43.9 Å². The van der Waals surface area contributed by atoms with Gasteiger partial charge in [0.25, 0.3) is 5.91 Å². The van der Waals surface area contributed by atoms with E-state index in [1.807, 2.05) is 17.7 Å². The maximum atomic E-state index is 12.9. The minimum atomic E-state index is -0.262. The predicted molar refractivity (Wildman–Crippen MR) is 132 cm³/mol. The van der Waals surface area contributed by atoms with Gasteiger partial charge in [-0.25, -0.2) is 0 Å². The first kappa shape index (κ1) is 22.0. The minimum Gasteiger partial charge on any atom is -0.386 e. The number of aryl methyl sites for hydroxylation is 1. The van der Waals surface area contributed by atoms with Crippen LogP contribution in [0.15, 0.2) is 30.5 Å². The summed E-state index contributed by atoms with van der Waals surface area (Å²) in [7, 11) is 1.76. The molecule has 2 fully saturated rings. The molecule has 2 saturated heterocycles. The monoisotopic (exact) mass is 467 g/mol. The highest BCUT2D eigenvalue weighted by Crippen LogP contribution is 2.32. The molecule has 1 amide bonds. The van der Waals surface area contributed by atoms with E-state index in [9.17, 15) is 4.79 Å². The summed E-state index contributed by atoms with van der Waals surface area (Å²) in [6.07, 6.45) is 5.12. The van der Waals surface area contributed by atoms with Crippen molar-refractivity contribution in [1.29, 1.82) is 0 Å². The molecule has 2 aliphatic heterocycles. The van der Waals surface area contributed by atoms with Gasteiger partial charge in [0, 0.05) is 57.2 Å². The first-order chi connectivity index (χ1) is 16.1. The lowest BCUT2D eigenvalue weighted by molar-refractivity contribution is 0.0949. The summed E-state index contributed by atoms with van der Waals surface area (Å²) in [5.74, 6) is -0.262. The fourth-order valence-electron chi connectivity index (χ4n) is 5.05. The van der Waals surface area contributed by atoms with E-state index in [1.165, 1.54) is 24.1 Å². The molecule has 8 nitrogen and oxygen atoms in total. The molecule has 174 valence electrons. The molecule has 0 radical (unpaired) electrons. The molecule has 2 atom stereocenters. The summed E-state index contributed by atoms with van der Waals surface area (Å²) in [5, 5.41) is 19.5. The highest BCUT2D eigenvalue weighted by atomic mass is 35.5. The number of hydrogen-bond donors (Lipinski definition) is 3. The van der Waals surface area contributed by atoms with Crippen molar-refractivity contribution in [2.24, 2.45) is 0 Å². The molecule has 2 aromatic heterocycles. The molecule has 1 aromatic carbocycles. The normalized spacial score (nSPS) is 19.8. The highest BCUT2D eigenvalue weighted by Gasteiger charge is 2.32. The summed E-state index contributed by atoms with van der Waals surface area (Å²) in [6.45, 7) is 5.41. The van der Waals surface area contributed by atoms with E-state index in [0.29, 0.717) is 35.0 Å². The maximum Gasteiger partial charge on any atom is 0.274 e. The molecular weight excluding hydrogens is 438 g/mol. The lowest BCUT2D eigenvalue weighted by Crippen LogP contribution is -2.51. The van der Waals surface area contributed by atoms with Gasteiger partial charge in [-0.3, -0.25) is 4.79 Å². The van der Waals surface area contributed by atoms with Crippen molar-refractivity contribution < 1.29 is 4.79 Å². The zero-order chi connectivity index (χ0) is 22.9. The number of carbonyl (C=O) groups excluding carboxylic acids is 1. The Bertz CT molecular complexity index is 1150. The number of nitrogens with one attached hydrogen (secondary N) is 3. The Morgan fingerprint density at radius 1 is 1.18 bits per heavy atom. The summed E-state index contributed by atoms with van der Waals surface area (Å²) < 4.78 is 1.92. The van der Waals surface area contributed by atoms with Gasteiger partial charge in [-0.15, -0.1) is 10.2 Å². The molecule has 0 aliphatic carbocycles. The Morgan fingerprint density at radius 2 is 1.91 bits per heavy atom. The third-order valence-electron chi connectivity index (χ3n) is 6.76. The Hall–Kier alpha value is -2.84. The second-order valence-electron chi connectivity index (χ2n) is 8.85. The van der Waals surface area contributed by atoms with E-state index in [2.05, 4.69) is 55.3 Å². The van der Waals surface area contributed by atoms with Crippen LogP contribution in [0.5, 0.6) is 0 Å². The molecule has 4 heterocycles. The van der Waals surface area contributed by atoms with Gasteiger partial charge in [0.1, 0.15) is 0 Å². The lowest BCUT2D eigenvalue weighted by atomic mass is 10.1. The molecule has 2 unspecified atom stereocenters. The second kappa shape index (κ2) is 9.19. The quantitative estimate of drug-likeness (QED) is 0.495. The van der Waals surface area contributed by atoms with E-state index in [0.717, 1.165) is 31.4 Å². The summed E-state index contributed by atoms with van der Waals surface area (Å²) in [6, 6.07) is 9.95. The van der Waals surface area contributed by atoms with Crippen LogP contribution in [0.1, 0.15) is 35.8 Å². The third-order valence-corrected chi connectivity index (χ3v) is 7.04. The largest absolute Gasteiger partial charge is 0.386 e. The summed E-state index contributed by atoms with van der Waals surface area (Å²) in [5.41, 5.74) is 3.99. The first-order valence-corrected chi connectivity index (χ1v) is 12.1. The van der Waals surface area contributed by atoms with Crippen molar-refractivity contribution >= 4 is 39.9 Å². The molecule has 9 heteroatoms. The van der Waals surface area contributed by atoms with Crippen LogP contribution in [0.3, 0.4) is 0 Å². The molecule has 3 N–H and O–H groups in total. The van der Waals surface area contributed by atoms with Crippen LogP contribution in [-0.2, 0) is 13.0 Å². The zero-order valence-corrected chi connectivity index (χ0v) is 19.8. The van der Waals surface area contributed by atoms with Crippen LogP contribution in [0.25, 0.3) is 11.0 Å². The van der Waals surface area contributed by atoms with Gasteiger partial charge < -0.3 is 25.4 Å². The first-order valence-electron chi connectivity index (χ1n) is 11.7. The van der Waals surface area contributed by atoms with Crippen molar-refractivity contribution in [3.05, 3.63) is 46.7 Å². The number of amides is 1. The minimum absolute atomic E-state index is 0.254. The number of anilines is 2. The zero-order valence-electron chi connectivity index (χ0n) is 19.1. The smallest absolute Gasteiger partial charge is 0.274 e. The van der Waals surface area contributed by atoms with E-state index in [1.54, 1.807) is 7.05 Å². The van der Waals surface area contributed by atoms with Crippen molar-refractivity contribution in [3.63, 3.8) is 0 Å². The van der Waals surface area contributed by atoms with Crippen LogP contribution >= 0.6 is 11.6 Å². The van der Waals surface area contributed by atoms with Crippen molar-refractivity contribution in [2.75, 3.05) is 36.9 Å². The molecule has 3 aromatic rings. The fraction of sp³-hybridized carbons (Fsp3) is 0.458. The van der Waals surface area contributed by atoms with Crippen molar-refractivity contribution in [3.8, 4) is 0 Å². The number of piperazine rings is 1. The van der Waals surface area contributed by atoms with E-state index >= 15 is 0 Å². The SMILES string of the molecule is CCn1cc(Cl)c2c(NC)c(C(=O)NCCc3ccc(N4CC5CCC(C4)N5)cc3)nnc21. The van der Waals surface area contributed by atoms with Gasteiger partial charge in [0.15, 0.2) is 11.3 Å². The number of hydrogen-bond acceptors (Lipinski definition) is 6. The number of aromatic nitrogens is 3. The topological polar surface area (TPSA) is 87.1 Å². The maximum absolute atomic E-state index is 12.9. The van der Waals surface area contributed by atoms with Crippen LogP contribution in [-0.4, -0.2) is 59.4 Å². The van der Waals surface area contributed by atoms with Crippen LogP contribution in [0, 0.1) is 0 Å². The molecule has 0 saturated carbocycles. The summed E-state index contributed by atoms with van der Waals surface area (Å²) in [4.78, 5) is 15.3. The molecule has 2 aliphatic rings. The van der Waals surface area contributed by atoms with E-state index < -0.39 is 0 Å². The van der Waals surface area contributed by atoms with E-state index in [4.69, 9.17) is 11.6 Å².